The van der Waals surface area contributed by atoms with Crippen molar-refractivity contribution in [3.05, 3.63) is 231 Å². The van der Waals surface area contributed by atoms with Crippen LogP contribution in [-0.4, -0.2) is 4.57 Å². The maximum atomic E-state index is 2.43. The lowest BCUT2D eigenvalue weighted by molar-refractivity contribution is 1.19. The van der Waals surface area contributed by atoms with Gasteiger partial charge in [-0.3, -0.25) is 0 Å². The smallest absolute Gasteiger partial charge is 0.0619 e. The van der Waals surface area contributed by atoms with Gasteiger partial charge >= 0.3 is 0 Å². The highest BCUT2D eigenvalue weighted by molar-refractivity contribution is 7.25. The van der Waals surface area contributed by atoms with Gasteiger partial charge in [0.2, 0.25) is 0 Å². The molecule has 0 radical (unpaired) electrons. The molecule has 12 aromatic rings. The molecule has 0 aliphatic heterocycles. The molecule has 0 fully saturated rings. The number of anilines is 3. The average molecular weight is 795 g/mol. The van der Waals surface area contributed by atoms with E-state index in [0.29, 0.717) is 0 Å². The van der Waals surface area contributed by atoms with Crippen molar-refractivity contribution >= 4 is 81.1 Å². The molecule has 61 heavy (non-hydrogen) atoms. The molecule has 12 rings (SSSR count). The van der Waals surface area contributed by atoms with Crippen LogP contribution in [-0.2, 0) is 0 Å². The van der Waals surface area contributed by atoms with Gasteiger partial charge < -0.3 is 9.47 Å². The second kappa shape index (κ2) is 14.5. The van der Waals surface area contributed by atoms with E-state index in [1.807, 2.05) is 11.3 Å². The fourth-order valence-corrected chi connectivity index (χ4v) is 10.4. The molecule has 0 bridgehead atoms. The predicted octanol–water partition coefficient (Wildman–Crippen LogP) is 16.8. The van der Waals surface area contributed by atoms with Crippen LogP contribution in [0.15, 0.2) is 231 Å². The molecule has 3 heteroatoms. The second-order valence-corrected chi connectivity index (χ2v) is 16.8. The normalized spacial score (nSPS) is 11.6. The molecule has 0 atom stereocenters. The van der Waals surface area contributed by atoms with Crippen LogP contribution in [0, 0.1) is 0 Å². The number of aromatic nitrogens is 1. The summed E-state index contributed by atoms with van der Waals surface area (Å²) < 4.78 is 5.07. The van der Waals surface area contributed by atoms with Crippen molar-refractivity contribution in [2.45, 2.75) is 0 Å². The molecule has 2 aromatic heterocycles. The zero-order valence-corrected chi connectivity index (χ0v) is 34.1. The van der Waals surface area contributed by atoms with Crippen molar-refractivity contribution in [1.82, 2.24) is 4.57 Å². The summed E-state index contributed by atoms with van der Waals surface area (Å²) in [5.74, 6) is 0. The van der Waals surface area contributed by atoms with E-state index in [2.05, 4.69) is 240 Å². The van der Waals surface area contributed by atoms with Crippen molar-refractivity contribution in [3.63, 3.8) is 0 Å². The monoisotopic (exact) mass is 794 g/mol. The summed E-state index contributed by atoms with van der Waals surface area (Å²) in [6.45, 7) is 0. The Kier molecular flexibility index (Phi) is 8.39. The van der Waals surface area contributed by atoms with Gasteiger partial charge in [-0.2, -0.15) is 0 Å². The quantitative estimate of drug-likeness (QED) is 0.156. The van der Waals surface area contributed by atoms with E-state index in [1.54, 1.807) is 0 Å². The minimum absolute atomic E-state index is 1.10. The van der Waals surface area contributed by atoms with E-state index >= 15 is 0 Å². The Morgan fingerprint density at radius 1 is 0.311 bits per heavy atom. The fraction of sp³-hybridized carbons (Fsp3) is 0. The van der Waals surface area contributed by atoms with E-state index < -0.39 is 0 Å². The number of fused-ring (bicyclic) bond motifs is 8. The van der Waals surface area contributed by atoms with Crippen molar-refractivity contribution < 1.29 is 0 Å². The highest BCUT2D eigenvalue weighted by Crippen LogP contribution is 2.43. The second-order valence-electron chi connectivity index (χ2n) is 15.7. The predicted molar refractivity (Wildman–Crippen MR) is 262 cm³/mol. The topological polar surface area (TPSA) is 8.17 Å². The van der Waals surface area contributed by atoms with Crippen LogP contribution in [0.4, 0.5) is 17.1 Å². The minimum Gasteiger partial charge on any atom is -0.311 e. The molecule has 0 amide bonds. The highest BCUT2D eigenvalue weighted by atomic mass is 32.1. The number of benzene rings is 10. The molecule has 0 unspecified atom stereocenters. The van der Waals surface area contributed by atoms with Gasteiger partial charge in [-0.25, -0.2) is 0 Å². The summed E-state index contributed by atoms with van der Waals surface area (Å²) in [5, 5.41) is 7.62. The lowest BCUT2D eigenvalue weighted by atomic mass is 9.95. The van der Waals surface area contributed by atoms with Crippen LogP contribution < -0.4 is 4.90 Å². The Hall–Kier alpha value is -7.72. The minimum atomic E-state index is 1.10. The molecular weight excluding hydrogens is 757 g/mol. The standard InChI is InChI=1S/C58H38N2S/c1-3-13-39(14-4-1)40-23-30-45(31-24-40)59(46-32-25-41(26-33-46)43-29-36-57-53(37-43)50-19-10-12-22-56(50)61-57)47-34-27-42(28-35-47)52-38-54-49-18-9-11-21-55(49)60(44-15-5-2-6-16-44)58(54)51-20-8-7-17-48(51)52/h1-38H. The Balaban J connectivity index is 0.967. The first kappa shape index (κ1) is 35.2. The molecule has 2 nitrogen and oxygen atoms in total. The third-order valence-corrected chi connectivity index (χ3v) is 13.3. The third kappa shape index (κ3) is 6.01. The molecule has 286 valence electrons. The van der Waals surface area contributed by atoms with Crippen LogP contribution in [0.5, 0.6) is 0 Å². The van der Waals surface area contributed by atoms with Crippen molar-refractivity contribution in [1.29, 1.82) is 0 Å². The number of rotatable bonds is 7. The summed E-state index contributed by atoms with van der Waals surface area (Å²) >= 11 is 1.86. The first-order valence-corrected chi connectivity index (χ1v) is 21.6. The van der Waals surface area contributed by atoms with Gasteiger partial charge in [0, 0.05) is 59.1 Å². The third-order valence-electron chi connectivity index (χ3n) is 12.2. The molecule has 0 spiro atoms. The molecule has 2 heterocycles. The maximum absolute atomic E-state index is 2.43. The largest absolute Gasteiger partial charge is 0.311 e. The molecule has 0 saturated heterocycles. The Labute approximate surface area is 358 Å². The zero-order valence-electron chi connectivity index (χ0n) is 33.2. The maximum Gasteiger partial charge on any atom is 0.0619 e. The van der Waals surface area contributed by atoms with Gasteiger partial charge in [0.15, 0.2) is 0 Å². The summed E-state index contributed by atoms with van der Waals surface area (Å²) in [5.41, 5.74) is 14.2. The molecule has 0 aliphatic rings. The Morgan fingerprint density at radius 2 is 0.803 bits per heavy atom. The van der Waals surface area contributed by atoms with Crippen LogP contribution in [0.25, 0.3) is 91.8 Å². The van der Waals surface area contributed by atoms with E-state index in [4.69, 9.17) is 0 Å². The van der Waals surface area contributed by atoms with E-state index in [9.17, 15) is 0 Å². The summed E-state index contributed by atoms with van der Waals surface area (Å²) in [6.07, 6.45) is 0. The number of thiophene rings is 1. The summed E-state index contributed by atoms with van der Waals surface area (Å²) in [6, 6.07) is 84.1. The number of hydrogen-bond acceptors (Lipinski definition) is 2. The van der Waals surface area contributed by atoms with Gasteiger partial charge in [-0.15, -0.1) is 11.3 Å². The van der Waals surface area contributed by atoms with E-state index in [0.717, 1.165) is 22.7 Å². The van der Waals surface area contributed by atoms with E-state index in [-0.39, 0.29) is 0 Å². The van der Waals surface area contributed by atoms with Gasteiger partial charge in [0.1, 0.15) is 0 Å². The number of hydrogen-bond donors (Lipinski definition) is 0. The lowest BCUT2D eigenvalue weighted by Gasteiger charge is -2.26. The molecular formula is C58H38N2S. The Bertz CT molecular complexity index is 3550. The fourth-order valence-electron chi connectivity index (χ4n) is 9.29. The van der Waals surface area contributed by atoms with Gasteiger partial charge in [0.05, 0.1) is 11.0 Å². The van der Waals surface area contributed by atoms with Crippen molar-refractivity contribution in [2.24, 2.45) is 0 Å². The first-order chi connectivity index (χ1) is 30.2. The summed E-state index contributed by atoms with van der Waals surface area (Å²) in [7, 11) is 0. The van der Waals surface area contributed by atoms with Gasteiger partial charge in [-0.05, 0) is 118 Å². The number of para-hydroxylation sites is 2. The van der Waals surface area contributed by atoms with Gasteiger partial charge in [0.25, 0.3) is 0 Å². The highest BCUT2D eigenvalue weighted by Gasteiger charge is 2.19. The molecule has 0 N–H and O–H groups in total. The van der Waals surface area contributed by atoms with Crippen LogP contribution in [0.2, 0.25) is 0 Å². The molecule has 0 saturated carbocycles. The van der Waals surface area contributed by atoms with Gasteiger partial charge in [-0.1, -0.05) is 152 Å². The van der Waals surface area contributed by atoms with Crippen molar-refractivity contribution in [2.75, 3.05) is 4.90 Å². The molecule has 10 aromatic carbocycles. The number of nitrogens with zero attached hydrogens (tertiary/aromatic N) is 2. The SMILES string of the molecule is c1ccc(-c2ccc(N(c3ccc(-c4ccc5sc6ccccc6c5c4)cc3)c3ccc(-c4cc5c6ccccc6n(-c6ccccc6)c5c5ccccc45)cc3)cc2)cc1. The van der Waals surface area contributed by atoms with Crippen LogP contribution >= 0.6 is 11.3 Å². The lowest BCUT2D eigenvalue weighted by Crippen LogP contribution is -2.09. The first-order valence-electron chi connectivity index (χ1n) is 20.8. The zero-order chi connectivity index (χ0) is 40.3. The van der Waals surface area contributed by atoms with Crippen LogP contribution in [0.1, 0.15) is 0 Å². The van der Waals surface area contributed by atoms with Crippen LogP contribution in [0.3, 0.4) is 0 Å². The molecule has 0 aliphatic carbocycles. The average Bonchev–Trinajstić information content (AvgIpc) is 3.88. The van der Waals surface area contributed by atoms with Crippen molar-refractivity contribution in [3.8, 4) is 39.1 Å². The van der Waals surface area contributed by atoms with E-state index in [1.165, 1.54) is 86.1 Å². The summed E-state index contributed by atoms with van der Waals surface area (Å²) in [4.78, 5) is 2.37. The Morgan fingerprint density at radius 3 is 1.49 bits per heavy atom.